The van der Waals surface area contributed by atoms with Gasteiger partial charge in [0, 0.05) is 57.6 Å². The summed E-state index contributed by atoms with van der Waals surface area (Å²) in [5, 5.41) is 6.00. The number of hydrogen-bond donors (Lipinski definition) is 2. The van der Waals surface area contributed by atoms with Crippen LogP contribution in [0.1, 0.15) is 27.9 Å². The molecule has 4 heterocycles. The summed E-state index contributed by atoms with van der Waals surface area (Å²) in [6.07, 6.45) is 9.63. The van der Waals surface area contributed by atoms with Crippen molar-refractivity contribution in [2.75, 3.05) is 13.1 Å². The quantitative estimate of drug-likeness (QED) is 0.252. The minimum atomic E-state index is -0.469. The second-order valence-corrected chi connectivity index (χ2v) is 8.46. The molecule has 0 unspecified atom stereocenters. The Bertz CT molecular complexity index is 1460. The fourth-order valence-corrected chi connectivity index (χ4v) is 4.05. The van der Waals surface area contributed by atoms with E-state index in [0.717, 1.165) is 42.9 Å². The van der Waals surface area contributed by atoms with Crippen LogP contribution in [0.5, 0.6) is 0 Å². The molecule has 0 atom stereocenters. The van der Waals surface area contributed by atoms with E-state index in [1.54, 1.807) is 6.20 Å². The SMILES string of the molecule is O=C(NCc1ncccc1F)c1coc(CCNCCc2nc3ccccc3n2CCn2ccnc2)n1. The Balaban J connectivity index is 1.09. The summed E-state index contributed by atoms with van der Waals surface area (Å²) >= 11 is 0. The molecule has 0 aliphatic heterocycles. The minimum Gasteiger partial charge on any atom is -0.448 e. The zero-order valence-corrected chi connectivity index (χ0v) is 20.2. The highest BCUT2D eigenvalue weighted by Gasteiger charge is 2.14. The number of imidazole rings is 2. The molecule has 190 valence electrons. The van der Waals surface area contributed by atoms with Crippen LogP contribution in [0.25, 0.3) is 11.0 Å². The maximum atomic E-state index is 13.7. The fraction of sp³-hybridized carbons (Fsp3) is 0.269. The molecule has 2 N–H and O–H groups in total. The van der Waals surface area contributed by atoms with Crippen molar-refractivity contribution in [2.24, 2.45) is 0 Å². The highest BCUT2D eigenvalue weighted by atomic mass is 19.1. The average molecular weight is 503 g/mol. The molecule has 0 saturated heterocycles. The number of halogens is 1. The van der Waals surface area contributed by atoms with E-state index < -0.39 is 11.7 Å². The van der Waals surface area contributed by atoms with Crippen molar-refractivity contribution in [1.29, 1.82) is 0 Å². The number of nitrogens with zero attached hydrogens (tertiary/aromatic N) is 6. The number of aromatic nitrogens is 6. The predicted octanol–water partition coefficient (Wildman–Crippen LogP) is 2.76. The molecular formula is C26H27FN8O2. The molecule has 1 aromatic carbocycles. The van der Waals surface area contributed by atoms with Crippen LogP contribution in [0.15, 0.2) is 72.0 Å². The first kappa shape index (κ1) is 24.3. The van der Waals surface area contributed by atoms with Crippen LogP contribution in [-0.2, 0) is 32.5 Å². The smallest absolute Gasteiger partial charge is 0.273 e. The van der Waals surface area contributed by atoms with E-state index >= 15 is 0 Å². The molecule has 0 aliphatic rings. The third-order valence-corrected chi connectivity index (χ3v) is 5.95. The fourth-order valence-electron chi connectivity index (χ4n) is 4.05. The standard InChI is InChI=1S/C26H27FN8O2/c27-19-4-3-9-30-21(19)16-31-26(36)22-17-37-25(33-22)8-11-28-10-7-24-32-20-5-1-2-6-23(20)35(24)15-14-34-13-12-29-18-34/h1-6,9,12-13,17-18,28H,7-8,10-11,14-16H2,(H,31,36). The zero-order valence-electron chi connectivity index (χ0n) is 20.2. The lowest BCUT2D eigenvalue weighted by atomic mass is 10.3. The number of oxazole rings is 1. The van der Waals surface area contributed by atoms with Crippen molar-refractivity contribution in [2.45, 2.75) is 32.5 Å². The van der Waals surface area contributed by atoms with Crippen molar-refractivity contribution in [3.05, 3.63) is 96.5 Å². The lowest BCUT2D eigenvalue weighted by Gasteiger charge is -2.10. The van der Waals surface area contributed by atoms with Crippen LogP contribution in [-0.4, -0.2) is 48.1 Å². The third kappa shape index (κ3) is 6.07. The molecule has 0 fully saturated rings. The zero-order chi connectivity index (χ0) is 25.5. The van der Waals surface area contributed by atoms with Gasteiger partial charge in [-0.3, -0.25) is 9.78 Å². The molecule has 0 bridgehead atoms. The van der Waals surface area contributed by atoms with Crippen LogP contribution in [0.2, 0.25) is 0 Å². The van der Waals surface area contributed by atoms with Gasteiger partial charge >= 0.3 is 0 Å². The lowest BCUT2D eigenvalue weighted by Crippen LogP contribution is -2.24. The number of carbonyl (C=O) groups is 1. The van der Waals surface area contributed by atoms with Gasteiger partial charge in [-0.1, -0.05) is 12.1 Å². The minimum absolute atomic E-state index is 0.0254. The van der Waals surface area contributed by atoms with Crippen molar-refractivity contribution in [3.8, 4) is 0 Å². The maximum Gasteiger partial charge on any atom is 0.273 e. The Labute approximate surface area is 212 Å². The number of benzene rings is 1. The molecule has 0 radical (unpaired) electrons. The number of nitrogens with one attached hydrogen (secondary N) is 2. The third-order valence-electron chi connectivity index (χ3n) is 5.95. The topological polar surface area (TPSA) is 116 Å². The largest absolute Gasteiger partial charge is 0.448 e. The second-order valence-electron chi connectivity index (χ2n) is 8.46. The number of carbonyl (C=O) groups excluding carboxylic acids is 1. The summed E-state index contributed by atoms with van der Waals surface area (Å²) in [7, 11) is 0. The summed E-state index contributed by atoms with van der Waals surface area (Å²) in [6.45, 7) is 2.97. The lowest BCUT2D eigenvalue weighted by molar-refractivity contribution is 0.0945. The van der Waals surface area contributed by atoms with E-state index in [9.17, 15) is 9.18 Å². The molecule has 10 nitrogen and oxygen atoms in total. The Morgan fingerprint density at radius 1 is 1.03 bits per heavy atom. The van der Waals surface area contributed by atoms with Crippen LogP contribution < -0.4 is 10.6 Å². The number of fused-ring (bicyclic) bond motifs is 1. The molecular weight excluding hydrogens is 475 g/mol. The monoisotopic (exact) mass is 502 g/mol. The van der Waals surface area contributed by atoms with Crippen molar-refractivity contribution < 1.29 is 13.6 Å². The molecule has 0 aliphatic carbocycles. The summed E-state index contributed by atoms with van der Waals surface area (Å²) in [4.78, 5) is 29.4. The van der Waals surface area contributed by atoms with Crippen molar-refractivity contribution in [1.82, 2.24) is 39.7 Å². The maximum absolute atomic E-state index is 13.7. The molecule has 0 spiro atoms. The van der Waals surface area contributed by atoms with Gasteiger partial charge in [0.15, 0.2) is 11.6 Å². The Kier molecular flexibility index (Phi) is 7.60. The summed E-state index contributed by atoms with van der Waals surface area (Å²) < 4.78 is 23.4. The Morgan fingerprint density at radius 3 is 2.78 bits per heavy atom. The molecule has 1 amide bonds. The molecule has 4 aromatic heterocycles. The van der Waals surface area contributed by atoms with Gasteiger partial charge in [-0.25, -0.2) is 19.3 Å². The molecule has 0 saturated carbocycles. The highest BCUT2D eigenvalue weighted by Crippen LogP contribution is 2.16. The van der Waals surface area contributed by atoms with Gasteiger partial charge < -0.3 is 24.2 Å². The van der Waals surface area contributed by atoms with Gasteiger partial charge in [-0.05, 0) is 24.3 Å². The normalized spacial score (nSPS) is 11.3. The van der Waals surface area contributed by atoms with Gasteiger partial charge in [0.1, 0.15) is 17.9 Å². The molecule has 5 aromatic rings. The van der Waals surface area contributed by atoms with E-state index in [0.29, 0.717) is 18.9 Å². The van der Waals surface area contributed by atoms with Gasteiger partial charge in [-0.2, -0.15) is 0 Å². The van der Waals surface area contributed by atoms with Gasteiger partial charge in [0.05, 0.1) is 29.6 Å². The first-order valence-electron chi connectivity index (χ1n) is 12.1. The summed E-state index contributed by atoms with van der Waals surface area (Å²) in [6, 6.07) is 10.9. The van der Waals surface area contributed by atoms with Crippen LogP contribution >= 0.6 is 0 Å². The first-order valence-corrected chi connectivity index (χ1v) is 12.1. The van der Waals surface area contributed by atoms with E-state index in [-0.39, 0.29) is 17.9 Å². The summed E-state index contributed by atoms with van der Waals surface area (Å²) in [5.41, 5.74) is 2.42. The second kappa shape index (κ2) is 11.6. The van der Waals surface area contributed by atoms with Crippen LogP contribution in [0.4, 0.5) is 4.39 Å². The van der Waals surface area contributed by atoms with Crippen LogP contribution in [0, 0.1) is 5.82 Å². The predicted molar refractivity (Wildman–Crippen MR) is 134 cm³/mol. The van der Waals surface area contributed by atoms with Gasteiger partial charge in [0.2, 0.25) is 0 Å². The van der Waals surface area contributed by atoms with Crippen molar-refractivity contribution in [3.63, 3.8) is 0 Å². The number of hydrogen-bond acceptors (Lipinski definition) is 7. The molecule has 5 rings (SSSR count). The number of aryl methyl sites for hydroxylation is 2. The number of pyridine rings is 1. The number of rotatable bonds is 12. The van der Waals surface area contributed by atoms with Gasteiger partial charge in [0.25, 0.3) is 5.91 Å². The van der Waals surface area contributed by atoms with Crippen molar-refractivity contribution >= 4 is 16.9 Å². The highest BCUT2D eigenvalue weighted by molar-refractivity contribution is 5.91. The summed E-state index contributed by atoms with van der Waals surface area (Å²) in [5.74, 6) is 0.563. The average Bonchev–Trinajstić information content (AvgIpc) is 3.67. The van der Waals surface area contributed by atoms with Gasteiger partial charge in [-0.15, -0.1) is 0 Å². The van der Waals surface area contributed by atoms with E-state index in [4.69, 9.17) is 9.40 Å². The number of amides is 1. The van der Waals surface area contributed by atoms with E-state index in [1.807, 2.05) is 30.7 Å². The molecule has 11 heteroatoms. The Morgan fingerprint density at radius 2 is 1.92 bits per heavy atom. The first-order chi connectivity index (χ1) is 18.2. The van der Waals surface area contributed by atoms with E-state index in [1.165, 1.54) is 24.6 Å². The molecule has 37 heavy (non-hydrogen) atoms. The van der Waals surface area contributed by atoms with E-state index in [2.05, 4.69) is 40.8 Å². The number of para-hydroxylation sites is 2. The Hall–Kier alpha value is -4.38. The van der Waals surface area contributed by atoms with Crippen LogP contribution in [0.3, 0.4) is 0 Å².